The molecule has 0 N–H and O–H groups in total. The van der Waals surface area contributed by atoms with E-state index >= 15 is 0 Å². The molecule has 9 nitrogen and oxygen atoms in total. The fraction of sp³-hybridized carbons (Fsp3) is 0.440. The number of hydrogen-bond acceptors (Lipinski definition) is 6. The normalized spacial score (nSPS) is 21.2. The van der Waals surface area contributed by atoms with Crippen LogP contribution < -0.4 is 14.4 Å². The zero-order chi connectivity index (χ0) is 24.6. The summed E-state index contributed by atoms with van der Waals surface area (Å²) in [7, 11) is -3.74. The Kier molecular flexibility index (Phi) is 6.41. The minimum absolute atomic E-state index is 0.0668. The van der Waals surface area contributed by atoms with Gasteiger partial charge in [-0.05, 0) is 31.2 Å². The van der Waals surface area contributed by atoms with E-state index in [1.54, 1.807) is 15.9 Å². The van der Waals surface area contributed by atoms with Crippen molar-refractivity contribution >= 4 is 27.5 Å². The van der Waals surface area contributed by atoms with Crippen molar-refractivity contribution in [2.24, 2.45) is 5.92 Å². The molecule has 186 valence electrons. The monoisotopic (exact) mass is 499 g/mol. The minimum Gasteiger partial charge on any atom is -0.490 e. The average Bonchev–Trinajstić information content (AvgIpc) is 3.09. The van der Waals surface area contributed by atoms with Crippen LogP contribution in [0.1, 0.15) is 18.4 Å². The number of rotatable bonds is 4. The highest BCUT2D eigenvalue weighted by molar-refractivity contribution is 7.89. The second-order valence-corrected chi connectivity index (χ2v) is 11.1. The van der Waals surface area contributed by atoms with E-state index < -0.39 is 15.9 Å². The Balaban J connectivity index is 1.21. The van der Waals surface area contributed by atoms with Gasteiger partial charge in [-0.2, -0.15) is 4.31 Å². The standard InChI is InChI=1S/C25H29N3O6S/c1-18-3-5-20(6-4-18)28-17-19(15-24(28)29)25(30)26-9-11-27(12-10-26)35(31,32)21-7-8-22-23(16-21)34-14-2-13-33-22/h3-8,16,19H,2,9-15,17H2,1H3/t19-/m0/s1. The molecular formula is C25H29N3O6S. The molecule has 0 bridgehead atoms. The first-order chi connectivity index (χ1) is 16.8. The van der Waals surface area contributed by atoms with Crippen LogP contribution >= 0.6 is 0 Å². The van der Waals surface area contributed by atoms with E-state index in [4.69, 9.17) is 9.47 Å². The average molecular weight is 500 g/mol. The highest BCUT2D eigenvalue weighted by Gasteiger charge is 2.39. The van der Waals surface area contributed by atoms with E-state index in [2.05, 4.69) is 0 Å². The van der Waals surface area contributed by atoms with Gasteiger partial charge in [-0.15, -0.1) is 0 Å². The van der Waals surface area contributed by atoms with Crippen LogP contribution in [0.2, 0.25) is 0 Å². The zero-order valence-corrected chi connectivity index (χ0v) is 20.5. The lowest BCUT2D eigenvalue weighted by Crippen LogP contribution is -2.52. The molecule has 35 heavy (non-hydrogen) atoms. The van der Waals surface area contributed by atoms with E-state index in [-0.39, 0.29) is 49.3 Å². The van der Waals surface area contributed by atoms with Gasteiger partial charge in [-0.3, -0.25) is 9.59 Å². The number of hydrogen-bond donors (Lipinski definition) is 0. The zero-order valence-electron chi connectivity index (χ0n) is 19.7. The molecule has 2 saturated heterocycles. The molecule has 0 unspecified atom stereocenters. The summed E-state index contributed by atoms with van der Waals surface area (Å²) >= 11 is 0. The molecule has 0 aromatic heterocycles. The van der Waals surface area contributed by atoms with Gasteiger partial charge in [0.15, 0.2) is 11.5 Å². The van der Waals surface area contributed by atoms with Crippen molar-refractivity contribution in [1.29, 1.82) is 0 Å². The maximum absolute atomic E-state index is 13.2. The van der Waals surface area contributed by atoms with Crippen LogP contribution in [-0.2, 0) is 19.6 Å². The van der Waals surface area contributed by atoms with Gasteiger partial charge >= 0.3 is 0 Å². The number of aryl methyl sites for hydroxylation is 1. The third-order valence-electron chi connectivity index (χ3n) is 6.73. The van der Waals surface area contributed by atoms with Gasteiger partial charge in [0.1, 0.15) is 0 Å². The highest BCUT2D eigenvalue weighted by Crippen LogP contribution is 2.33. The number of ether oxygens (including phenoxy) is 2. The van der Waals surface area contributed by atoms with Crippen molar-refractivity contribution in [3.8, 4) is 11.5 Å². The number of sulfonamides is 1. The molecule has 0 aliphatic carbocycles. The highest BCUT2D eigenvalue weighted by atomic mass is 32.2. The maximum atomic E-state index is 13.2. The molecular weight excluding hydrogens is 470 g/mol. The van der Waals surface area contributed by atoms with Crippen LogP contribution in [0.15, 0.2) is 47.4 Å². The molecule has 3 aliphatic heterocycles. The van der Waals surface area contributed by atoms with Gasteiger partial charge in [0, 0.05) is 57.3 Å². The Morgan fingerprint density at radius 2 is 1.63 bits per heavy atom. The molecule has 2 aromatic carbocycles. The van der Waals surface area contributed by atoms with Crippen molar-refractivity contribution < 1.29 is 27.5 Å². The number of benzene rings is 2. The summed E-state index contributed by atoms with van der Waals surface area (Å²) in [6.07, 6.45) is 0.907. The lowest BCUT2D eigenvalue weighted by molar-refractivity contribution is -0.136. The summed E-state index contributed by atoms with van der Waals surface area (Å²) in [5.74, 6) is 0.390. The third-order valence-corrected chi connectivity index (χ3v) is 8.62. The topological polar surface area (TPSA) is 96.5 Å². The Morgan fingerprint density at radius 1 is 0.943 bits per heavy atom. The molecule has 2 aromatic rings. The first kappa shape index (κ1) is 23.6. The van der Waals surface area contributed by atoms with Crippen molar-refractivity contribution in [3.05, 3.63) is 48.0 Å². The van der Waals surface area contributed by atoms with E-state index in [9.17, 15) is 18.0 Å². The Morgan fingerprint density at radius 3 is 2.34 bits per heavy atom. The number of piperazine rings is 1. The summed E-state index contributed by atoms with van der Waals surface area (Å²) in [5.41, 5.74) is 1.90. The largest absolute Gasteiger partial charge is 0.490 e. The molecule has 3 aliphatic rings. The predicted octanol–water partition coefficient (Wildman–Crippen LogP) is 2.04. The maximum Gasteiger partial charge on any atom is 0.243 e. The number of carbonyl (C=O) groups is 2. The van der Waals surface area contributed by atoms with Crippen LogP contribution in [0.25, 0.3) is 0 Å². The van der Waals surface area contributed by atoms with Gasteiger partial charge in [0.25, 0.3) is 0 Å². The van der Waals surface area contributed by atoms with E-state index in [1.807, 2.05) is 31.2 Å². The number of fused-ring (bicyclic) bond motifs is 1. The van der Waals surface area contributed by atoms with E-state index in [1.165, 1.54) is 16.4 Å². The predicted molar refractivity (Wildman–Crippen MR) is 129 cm³/mol. The Labute approximate surface area is 205 Å². The summed E-state index contributed by atoms with van der Waals surface area (Å²) in [5, 5.41) is 0. The van der Waals surface area contributed by atoms with Gasteiger partial charge < -0.3 is 19.3 Å². The molecule has 3 heterocycles. The van der Waals surface area contributed by atoms with Gasteiger partial charge in [0.05, 0.1) is 24.0 Å². The molecule has 0 radical (unpaired) electrons. The smallest absolute Gasteiger partial charge is 0.243 e. The summed E-state index contributed by atoms with van der Waals surface area (Å²) < 4.78 is 39.1. The van der Waals surface area contributed by atoms with Crippen LogP contribution in [0.5, 0.6) is 11.5 Å². The van der Waals surface area contributed by atoms with Gasteiger partial charge in [0.2, 0.25) is 21.8 Å². The van der Waals surface area contributed by atoms with Crippen LogP contribution in [0.3, 0.4) is 0 Å². The molecule has 0 saturated carbocycles. The molecule has 10 heteroatoms. The lowest BCUT2D eigenvalue weighted by atomic mass is 10.1. The van der Waals surface area contributed by atoms with Crippen LogP contribution in [-0.4, -0.2) is 75.4 Å². The van der Waals surface area contributed by atoms with E-state index in [0.29, 0.717) is 31.3 Å². The van der Waals surface area contributed by atoms with Crippen molar-refractivity contribution in [1.82, 2.24) is 9.21 Å². The molecule has 1 atom stereocenters. The van der Waals surface area contributed by atoms with E-state index in [0.717, 1.165) is 17.7 Å². The molecule has 5 rings (SSSR count). The number of carbonyl (C=O) groups excluding carboxylic acids is 2. The Bertz CT molecular complexity index is 1220. The van der Waals surface area contributed by atoms with Gasteiger partial charge in [-0.25, -0.2) is 8.42 Å². The molecule has 0 spiro atoms. The number of nitrogens with zero attached hydrogens (tertiary/aromatic N) is 3. The van der Waals surface area contributed by atoms with Gasteiger partial charge in [-0.1, -0.05) is 17.7 Å². The second kappa shape index (κ2) is 9.50. The summed E-state index contributed by atoms with van der Waals surface area (Å²) in [6.45, 7) is 4.31. The minimum atomic E-state index is -3.74. The summed E-state index contributed by atoms with van der Waals surface area (Å²) in [6, 6.07) is 12.3. The fourth-order valence-corrected chi connectivity index (χ4v) is 6.15. The third kappa shape index (κ3) is 4.72. The lowest BCUT2D eigenvalue weighted by Gasteiger charge is -2.35. The summed E-state index contributed by atoms with van der Waals surface area (Å²) in [4.78, 5) is 29.2. The van der Waals surface area contributed by atoms with Crippen LogP contribution in [0, 0.1) is 12.8 Å². The fourth-order valence-electron chi connectivity index (χ4n) is 4.71. The van der Waals surface area contributed by atoms with Crippen molar-refractivity contribution in [2.75, 3.05) is 50.8 Å². The van der Waals surface area contributed by atoms with Crippen molar-refractivity contribution in [3.63, 3.8) is 0 Å². The number of anilines is 1. The molecule has 2 fully saturated rings. The SMILES string of the molecule is Cc1ccc(N2C[C@@H](C(=O)N3CCN(S(=O)(=O)c4ccc5c(c4)OCCCO5)CC3)CC2=O)cc1. The second-order valence-electron chi connectivity index (χ2n) is 9.13. The van der Waals surface area contributed by atoms with Crippen molar-refractivity contribution in [2.45, 2.75) is 24.7 Å². The quantitative estimate of drug-likeness (QED) is 0.639. The van der Waals surface area contributed by atoms with Crippen LogP contribution in [0.4, 0.5) is 5.69 Å². The number of amides is 2. The first-order valence-corrected chi connectivity index (χ1v) is 13.3. The first-order valence-electron chi connectivity index (χ1n) is 11.9. The Hall–Kier alpha value is -3.11. The molecule has 2 amide bonds.